The molecular formula is C11H23NO2S. The van der Waals surface area contributed by atoms with Crippen LogP contribution < -0.4 is 4.72 Å². The summed E-state index contributed by atoms with van der Waals surface area (Å²) >= 11 is 0. The van der Waals surface area contributed by atoms with Crippen LogP contribution in [0.2, 0.25) is 0 Å². The fourth-order valence-electron chi connectivity index (χ4n) is 2.26. The molecule has 3 nitrogen and oxygen atoms in total. The van der Waals surface area contributed by atoms with Crippen molar-refractivity contribution in [1.82, 2.24) is 4.72 Å². The monoisotopic (exact) mass is 233 g/mol. The van der Waals surface area contributed by atoms with E-state index in [1.807, 2.05) is 0 Å². The van der Waals surface area contributed by atoms with Crippen LogP contribution in [0.25, 0.3) is 0 Å². The maximum atomic E-state index is 10.6. The van der Waals surface area contributed by atoms with Crippen LogP contribution >= 0.6 is 0 Å². The van der Waals surface area contributed by atoms with E-state index < -0.39 is 10.9 Å². The molecule has 1 N–H and O–H groups in total. The summed E-state index contributed by atoms with van der Waals surface area (Å²) in [5.74, 6) is 0. The van der Waals surface area contributed by atoms with Crippen LogP contribution in [-0.2, 0) is 10.9 Å². The Balaban J connectivity index is 2.31. The van der Waals surface area contributed by atoms with E-state index in [1.165, 1.54) is 51.4 Å². The Morgan fingerprint density at radius 3 is 1.53 bits per heavy atom. The predicted molar refractivity (Wildman–Crippen MR) is 63.4 cm³/mol. The first-order chi connectivity index (χ1) is 7.29. The third-order valence-corrected chi connectivity index (χ3v) is 3.72. The highest BCUT2D eigenvalue weighted by molar-refractivity contribution is 7.70. The number of rotatable bonds is 2. The third-order valence-electron chi connectivity index (χ3n) is 3.14. The maximum absolute atomic E-state index is 10.6. The van der Waals surface area contributed by atoms with Crippen molar-refractivity contribution in [2.45, 2.75) is 70.3 Å². The molecule has 4 heteroatoms. The van der Waals surface area contributed by atoms with Gasteiger partial charge in [0, 0.05) is 6.04 Å². The smallest absolute Gasteiger partial charge is 0.201 e. The summed E-state index contributed by atoms with van der Waals surface area (Å²) in [5, 5.41) is 0. The summed E-state index contributed by atoms with van der Waals surface area (Å²) in [6.07, 6.45) is 12.2. The summed E-state index contributed by atoms with van der Waals surface area (Å²) in [7, 11) is -2.42. The second kappa shape index (κ2) is 8.11. The highest BCUT2D eigenvalue weighted by Crippen LogP contribution is 2.16. The van der Waals surface area contributed by atoms with E-state index >= 15 is 0 Å². The molecule has 0 bridgehead atoms. The average Bonchev–Trinajstić information content (AvgIpc) is 2.23. The van der Waals surface area contributed by atoms with Crippen LogP contribution in [0.1, 0.15) is 64.2 Å². The van der Waals surface area contributed by atoms with E-state index in [0.29, 0.717) is 0 Å². The van der Waals surface area contributed by atoms with Gasteiger partial charge >= 0.3 is 0 Å². The van der Waals surface area contributed by atoms with Gasteiger partial charge in [0.25, 0.3) is 0 Å². The van der Waals surface area contributed by atoms with Crippen LogP contribution in [0.4, 0.5) is 0 Å². The van der Waals surface area contributed by atoms with Crippen molar-refractivity contribution in [3.63, 3.8) is 0 Å². The minimum Gasteiger partial charge on any atom is -0.216 e. The number of nitrogens with one attached hydrogen (secondary N) is 1. The first-order valence-electron chi connectivity index (χ1n) is 6.19. The largest absolute Gasteiger partial charge is 0.216 e. The molecule has 0 saturated heterocycles. The molecule has 1 aliphatic rings. The lowest BCUT2D eigenvalue weighted by molar-refractivity contribution is 0.473. The van der Waals surface area contributed by atoms with Gasteiger partial charge in [-0.05, 0) is 12.8 Å². The van der Waals surface area contributed by atoms with Gasteiger partial charge in [-0.2, -0.15) is 0 Å². The lowest BCUT2D eigenvalue weighted by Gasteiger charge is -2.14. The van der Waals surface area contributed by atoms with Crippen molar-refractivity contribution in [3.8, 4) is 0 Å². The molecule has 0 aliphatic heterocycles. The van der Waals surface area contributed by atoms with E-state index in [1.54, 1.807) is 0 Å². The van der Waals surface area contributed by atoms with Crippen molar-refractivity contribution < 1.29 is 8.42 Å². The lowest BCUT2D eigenvalue weighted by Crippen LogP contribution is -2.27. The summed E-state index contributed by atoms with van der Waals surface area (Å²) in [4.78, 5) is 0. The van der Waals surface area contributed by atoms with Crippen molar-refractivity contribution in [2.24, 2.45) is 0 Å². The van der Waals surface area contributed by atoms with Crippen LogP contribution in [0.15, 0.2) is 0 Å². The van der Waals surface area contributed by atoms with Crippen molar-refractivity contribution in [2.75, 3.05) is 0 Å². The van der Waals surface area contributed by atoms with E-state index in [4.69, 9.17) is 0 Å². The average molecular weight is 233 g/mol. The van der Waals surface area contributed by atoms with Crippen molar-refractivity contribution in [1.29, 1.82) is 0 Å². The standard InChI is InChI=1S/C11H23NO2S/c13-15(14)12-11-9-7-5-3-1-2-4-6-8-10-11/h11,15H,1-10H2,(H,12,13,14). The highest BCUT2D eigenvalue weighted by atomic mass is 32.2. The van der Waals surface area contributed by atoms with Crippen LogP contribution in [0.5, 0.6) is 0 Å². The maximum Gasteiger partial charge on any atom is 0.201 e. The second-order valence-corrected chi connectivity index (χ2v) is 5.26. The molecule has 15 heavy (non-hydrogen) atoms. The Bertz CT molecular complexity index is 209. The molecule has 0 atom stereocenters. The van der Waals surface area contributed by atoms with Crippen molar-refractivity contribution in [3.05, 3.63) is 0 Å². The quantitative estimate of drug-likeness (QED) is 0.719. The second-order valence-electron chi connectivity index (χ2n) is 4.49. The Morgan fingerprint density at radius 1 is 0.733 bits per heavy atom. The SMILES string of the molecule is O=[SH](=O)NC1CCCCCCCCCC1. The molecule has 90 valence electrons. The normalized spacial score (nSPS) is 22.5. The molecule has 0 aromatic rings. The summed E-state index contributed by atoms with van der Waals surface area (Å²) in [6, 6.07) is 0.198. The topological polar surface area (TPSA) is 46.2 Å². The Hall–Kier alpha value is -0.0900. The third kappa shape index (κ3) is 6.90. The van der Waals surface area contributed by atoms with Crippen LogP contribution in [-0.4, -0.2) is 14.5 Å². The predicted octanol–water partition coefficient (Wildman–Crippen LogP) is 2.39. The van der Waals surface area contributed by atoms with Gasteiger partial charge in [0.05, 0.1) is 0 Å². The highest BCUT2D eigenvalue weighted by Gasteiger charge is 2.09. The molecule has 1 fully saturated rings. The van der Waals surface area contributed by atoms with Crippen LogP contribution in [0.3, 0.4) is 0 Å². The van der Waals surface area contributed by atoms with Crippen LogP contribution in [0, 0.1) is 0 Å². The number of hydrogen-bond donors (Lipinski definition) is 2. The molecular weight excluding hydrogens is 210 g/mol. The van der Waals surface area contributed by atoms with Gasteiger partial charge in [-0.1, -0.05) is 51.4 Å². The molecule has 1 aliphatic carbocycles. The van der Waals surface area contributed by atoms with Gasteiger partial charge in [0.1, 0.15) is 0 Å². The Kier molecular flexibility index (Phi) is 7.01. The number of thiol groups is 1. The van der Waals surface area contributed by atoms with Gasteiger partial charge < -0.3 is 0 Å². The fraction of sp³-hybridized carbons (Fsp3) is 1.00. The molecule has 0 aromatic heterocycles. The van der Waals surface area contributed by atoms with Gasteiger partial charge in [0.2, 0.25) is 10.9 Å². The first kappa shape index (κ1) is 13.0. The van der Waals surface area contributed by atoms with E-state index in [2.05, 4.69) is 4.72 Å². The number of hydrogen-bond acceptors (Lipinski definition) is 2. The van der Waals surface area contributed by atoms with Gasteiger partial charge in [-0.3, -0.25) is 0 Å². The lowest BCUT2D eigenvalue weighted by atomic mass is 10.0. The molecule has 0 amide bonds. The van der Waals surface area contributed by atoms with Gasteiger partial charge in [-0.25, -0.2) is 13.1 Å². The molecule has 0 heterocycles. The van der Waals surface area contributed by atoms with E-state index in [-0.39, 0.29) is 6.04 Å². The first-order valence-corrected chi connectivity index (χ1v) is 7.37. The molecule has 1 rings (SSSR count). The van der Waals surface area contributed by atoms with E-state index in [0.717, 1.165) is 12.8 Å². The van der Waals surface area contributed by atoms with Crippen molar-refractivity contribution >= 4 is 10.9 Å². The fourth-order valence-corrected chi connectivity index (χ4v) is 2.82. The Morgan fingerprint density at radius 2 is 1.13 bits per heavy atom. The molecule has 1 saturated carbocycles. The molecule has 0 aromatic carbocycles. The Labute approximate surface area is 94.7 Å². The zero-order valence-electron chi connectivity index (χ0n) is 9.41. The minimum atomic E-state index is -2.42. The van der Waals surface area contributed by atoms with Gasteiger partial charge in [0.15, 0.2) is 0 Å². The molecule has 0 unspecified atom stereocenters. The zero-order valence-corrected chi connectivity index (χ0v) is 10.3. The van der Waals surface area contributed by atoms with E-state index in [9.17, 15) is 8.42 Å². The summed E-state index contributed by atoms with van der Waals surface area (Å²) < 4.78 is 23.9. The summed E-state index contributed by atoms with van der Waals surface area (Å²) in [5.41, 5.74) is 0. The summed E-state index contributed by atoms with van der Waals surface area (Å²) in [6.45, 7) is 0. The minimum absolute atomic E-state index is 0.198. The molecule has 0 spiro atoms. The zero-order chi connectivity index (χ0) is 10.9. The molecule has 0 radical (unpaired) electrons. The van der Waals surface area contributed by atoms with Gasteiger partial charge in [-0.15, -0.1) is 0 Å².